The Morgan fingerprint density at radius 1 is 1.00 bits per heavy atom. The Hall–Kier alpha value is -3.06. The molecule has 7 heteroatoms. The van der Waals surface area contributed by atoms with Crippen LogP contribution in [-0.4, -0.2) is 50.7 Å². The van der Waals surface area contributed by atoms with Gasteiger partial charge in [-0.3, -0.25) is 9.59 Å². The minimum absolute atomic E-state index is 0.0187. The number of hydrogen-bond donors (Lipinski definition) is 3. The lowest BCUT2D eigenvalue weighted by molar-refractivity contribution is -0.114. The fraction of sp³-hybridized carbons (Fsp3) is 0.462. The summed E-state index contributed by atoms with van der Waals surface area (Å²) < 4.78 is 5.39. The molecule has 0 radical (unpaired) electrons. The molecule has 0 atom stereocenters. The van der Waals surface area contributed by atoms with Crippen LogP contribution in [-0.2, 0) is 9.53 Å². The van der Waals surface area contributed by atoms with E-state index in [2.05, 4.69) is 20.9 Å². The normalized spacial score (nSPS) is 16.8. The molecule has 7 nitrogen and oxygen atoms in total. The molecule has 0 spiro atoms. The Morgan fingerprint density at radius 3 is 2.42 bits per heavy atom. The van der Waals surface area contributed by atoms with E-state index in [1.165, 1.54) is 19.3 Å². The first-order valence-corrected chi connectivity index (χ1v) is 12.0. The molecule has 4 rings (SSSR count). The van der Waals surface area contributed by atoms with Crippen molar-refractivity contribution >= 4 is 28.9 Å². The van der Waals surface area contributed by atoms with Gasteiger partial charge in [0, 0.05) is 41.8 Å². The van der Waals surface area contributed by atoms with Crippen molar-refractivity contribution in [2.45, 2.75) is 45.1 Å². The molecule has 1 saturated heterocycles. The molecule has 0 unspecified atom stereocenters. The average molecular weight is 451 g/mol. The zero-order valence-corrected chi connectivity index (χ0v) is 19.4. The average Bonchev–Trinajstić information content (AvgIpc) is 2.85. The monoisotopic (exact) mass is 450 g/mol. The Bertz CT molecular complexity index is 949. The molecule has 1 heterocycles. The zero-order chi connectivity index (χ0) is 23.0. The first kappa shape index (κ1) is 23.1. The molecule has 2 amide bonds. The predicted molar refractivity (Wildman–Crippen MR) is 132 cm³/mol. The number of aryl methyl sites for hydroxylation is 1. The predicted octanol–water partition coefficient (Wildman–Crippen LogP) is 3.94. The van der Waals surface area contributed by atoms with Crippen molar-refractivity contribution in [2.24, 2.45) is 0 Å². The second-order valence-corrected chi connectivity index (χ2v) is 8.89. The maximum absolute atomic E-state index is 12.6. The van der Waals surface area contributed by atoms with Gasteiger partial charge in [0.1, 0.15) is 0 Å². The number of anilines is 3. The summed E-state index contributed by atoms with van der Waals surface area (Å²) in [6.07, 6.45) is 5.77. The maximum Gasteiger partial charge on any atom is 0.251 e. The topological polar surface area (TPSA) is 82.7 Å². The Balaban J connectivity index is 1.26. The largest absolute Gasteiger partial charge is 0.378 e. The minimum atomic E-state index is -0.118. The second-order valence-electron chi connectivity index (χ2n) is 8.89. The zero-order valence-electron chi connectivity index (χ0n) is 19.4. The molecular weight excluding hydrogens is 416 g/mol. The molecule has 33 heavy (non-hydrogen) atoms. The summed E-state index contributed by atoms with van der Waals surface area (Å²) in [4.78, 5) is 27.3. The first-order chi connectivity index (χ1) is 16.1. The fourth-order valence-corrected chi connectivity index (χ4v) is 4.48. The van der Waals surface area contributed by atoms with Crippen molar-refractivity contribution in [3.05, 3.63) is 53.6 Å². The standard InChI is InChI=1S/C26H34N4O3/c1-19-17-20(26(32)29-21-5-3-2-4-6-21)7-12-24(19)27-18-25(31)28-22-8-10-23(11-9-22)30-13-15-33-16-14-30/h7-12,17,21,27H,2-6,13-16,18H2,1H3,(H,28,31)(H,29,32). The van der Waals surface area contributed by atoms with Crippen molar-refractivity contribution in [3.8, 4) is 0 Å². The number of morpholine rings is 1. The van der Waals surface area contributed by atoms with Crippen LogP contribution in [0.4, 0.5) is 17.1 Å². The van der Waals surface area contributed by atoms with Gasteiger partial charge in [-0.25, -0.2) is 0 Å². The quantitative estimate of drug-likeness (QED) is 0.595. The van der Waals surface area contributed by atoms with Gasteiger partial charge in [0.25, 0.3) is 5.91 Å². The number of carbonyl (C=O) groups excluding carboxylic acids is 2. The second kappa shape index (κ2) is 11.2. The molecule has 0 bridgehead atoms. The van der Waals surface area contributed by atoms with Gasteiger partial charge in [-0.05, 0) is 67.8 Å². The first-order valence-electron chi connectivity index (χ1n) is 12.0. The number of hydrogen-bond acceptors (Lipinski definition) is 5. The van der Waals surface area contributed by atoms with E-state index >= 15 is 0 Å². The summed E-state index contributed by atoms with van der Waals surface area (Å²) in [5.74, 6) is -0.137. The number of ether oxygens (including phenoxy) is 1. The molecule has 1 aliphatic heterocycles. The van der Waals surface area contributed by atoms with Gasteiger partial charge in [0.15, 0.2) is 0 Å². The van der Waals surface area contributed by atoms with Crippen LogP contribution in [0.25, 0.3) is 0 Å². The highest BCUT2D eigenvalue weighted by atomic mass is 16.5. The van der Waals surface area contributed by atoms with Gasteiger partial charge in [0.2, 0.25) is 5.91 Å². The summed E-state index contributed by atoms with van der Waals surface area (Å²) in [6.45, 7) is 5.36. The van der Waals surface area contributed by atoms with Gasteiger partial charge in [-0.1, -0.05) is 19.3 Å². The molecule has 3 N–H and O–H groups in total. The van der Waals surface area contributed by atoms with Crippen LogP contribution in [0.15, 0.2) is 42.5 Å². The third-order valence-electron chi connectivity index (χ3n) is 6.40. The van der Waals surface area contributed by atoms with Crippen LogP contribution in [0, 0.1) is 6.92 Å². The summed E-state index contributed by atoms with van der Waals surface area (Å²) in [5, 5.41) is 9.26. The molecule has 1 aliphatic carbocycles. The minimum Gasteiger partial charge on any atom is -0.378 e. The molecule has 2 aliphatic rings. The van der Waals surface area contributed by atoms with Crippen molar-refractivity contribution in [2.75, 3.05) is 48.4 Å². The van der Waals surface area contributed by atoms with Gasteiger partial charge in [-0.2, -0.15) is 0 Å². The van der Waals surface area contributed by atoms with E-state index in [1.807, 2.05) is 49.4 Å². The highest BCUT2D eigenvalue weighted by Gasteiger charge is 2.17. The summed E-state index contributed by atoms with van der Waals surface area (Å²) in [5.41, 5.74) is 4.35. The summed E-state index contributed by atoms with van der Waals surface area (Å²) in [7, 11) is 0. The molecule has 1 saturated carbocycles. The molecule has 2 fully saturated rings. The van der Waals surface area contributed by atoms with E-state index in [-0.39, 0.29) is 24.4 Å². The SMILES string of the molecule is Cc1cc(C(=O)NC2CCCCC2)ccc1NCC(=O)Nc1ccc(N2CCOCC2)cc1. The third kappa shape index (κ3) is 6.48. The van der Waals surface area contributed by atoms with E-state index in [9.17, 15) is 9.59 Å². The highest BCUT2D eigenvalue weighted by Crippen LogP contribution is 2.21. The van der Waals surface area contributed by atoms with Crippen LogP contribution in [0.3, 0.4) is 0 Å². The Labute approximate surface area is 195 Å². The number of carbonyl (C=O) groups is 2. The van der Waals surface area contributed by atoms with E-state index in [0.29, 0.717) is 5.56 Å². The lowest BCUT2D eigenvalue weighted by Crippen LogP contribution is -2.36. The molecule has 0 aromatic heterocycles. The highest BCUT2D eigenvalue weighted by molar-refractivity contribution is 5.96. The van der Waals surface area contributed by atoms with Crippen molar-refractivity contribution in [1.82, 2.24) is 5.32 Å². The van der Waals surface area contributed by atoms with Crippen LogP contribution in [0.5, 0.6) is 0 Å². The number of amides is 2. The van der Waals surface area contributed by atoms with Crippen molar-refractivity contribution < 1.29 is 14.3 Å². The molecule has 2 aromatic carbocycles. The lowest BCUT2D eigenvalue weighted by Gasteiger charge is -2.28. The van der Waals surface area contributed by atoms with Crippen molar-refractivity contribution in [1.29, 1.82) is 0 Å². The smallest absolute Gasteiger partial charge is 0.251 e. The van der Waals surface area contributed by atoms with E-state index < -0.39 is 0 Å². The lowest BCUT2D eigenvalue weighted by atomic mass is 9.95. The van der Waals surface area contributed by atoms with Crippen LogP contribution in [0.2, 0.25) is 0 Å². The van der Waals surface area contributed by atoms with Crippen molar-refractivity contribution in [3.63, 3.8) is 0 Å². The van der Waals surface area contributed by atoms with E-state index in [1.54, 1.807) is 0 Å². The molecule has 176 valence electrons. The van der Waals surface area contributed by atoms with Gasteiger partial charge < -0.3 is 25.6 Å². The number of nitrogens with zero attached hydrogens (tertiary/aromatic N) is 1. The number of nitrogens with one attached hydrogen (secondary N) is 3. The van der Waals surface area contributed by atoms with E-state index in [4.69, 9.17) is 4.74 Å². The number of rotatable bonds is 7. The maximum atomic E-state index is 12.6. The Morgan fingerprint density at radius 2 is 1.73 bits per heavy atom. The molecule has 2 aromatic rings. The summed E-state index contributed by atoms with van der Waals surface area (Å²) >= 11 is 0. The van der Waals surface area contributed by atoms with Gasteiger partial charge in [0.05, 0.1) is 19.8 Å². The summed E-state index contributed by atoms with van der Waals surface area (Å²) in [6, 6.07) is 13.7. The molecular formula is C26H34N4O3. The van der Waals surface area contributed by atoms with Crippen LogP contribution in [0.1, 0.15) is 48.0 Å². The number of benzene rings is 2. The third-order valence-corrected chi connectivity index (χ3v) is 6.40. The Kier molecular flexibility index (Phi) is 7.83. The van der Waals surface area contributed by atoms with Gasteiger partial charge in [-0.15, -0.1) is 0 Å². The van der Waals surface area contributed by atoms with Crippen LogP contribution >= 0.6 is 0 Å². The van der Waals surface area contributed by atoms with Gasteiger partial charge >= 0.3 is 0 Å². The fourth-order valence-electron chi connectivity index (χ4n) is 4.48. The van der Waals surface area contributed by atoms with Crippen LogP contribution < -0.4 is 20.9 Å². The van der Waals surface area contributed by atoms with E-state index in [0.717, 1.165) is 61.8 Å².